The quantitative estimate of drug-likeness (QED) is 0.422. The summed E-state index contributed by atoms with van der Waals surface area (Å²) in [5.41, 5.74) is 1.63. The van der Waals surface area contributed by atoms with Gasteiger partial charge in [0.05, 0.1) is 36.2 Å². The highest BCUT2D eigenvalue weighted by atomic mass is 19.1. The van der Waals surface area contributed by atoms with Crippen molar-refractivity contribution in [1.29, 1.82) is 0 Å². The number of hydrogen-bond donors (Lipinski definition) is 2. The van der Waals surface area contributed by atoms with E-state index in [1.54, 1.807) is 6.92 Å². The predicted molar refractivity (Wildman–Crippen MR) is 119 cm³/mol. The Bertz CT molecular complexity index is 1350. The molecular formula is C24H21F3N4O3. The molecule has 0 unspecified atom stereocenters. The molecule has 0 saturated heterocycles. The van der Waals surface area contributed by atoms with Gasteiger partial charge in [0, 0.05) is 42.4 Å². The van der Waals surface area contributed by atoms with Gasteiger partial charge in [-0.15, -0.1) is 0 Å². The van der Waals surface area contributed by atoms with Crippen LogP contribution < -0.4 is 4.74 Å². The van der Waals surface area contributed by atoms with Crippen LogP contribution in [0.1, 0.15) is 28.5 Å². The van der Waals surface area contributed by atoms with Crippen molar-refractivity contribution in [3.63, 3.8) is 0 Å². The maximum atomic E-state index is 15.4. The molecule has 2 aromatic carbocycles. The minimum atomic E-state index is -0.929. The maximum absolute atomic E-state index is 15.4. The van der Waals surface area contributed by atoms with Gasteiger partial charge in [0.2, 0.25) is 0 Å². The summed E-state index contributed by atoms with van der Waals surface area (Å²) in [5.74, 6) is -3.46. The summed E-state index contributed by atoms with van der Waals surface area (Å²) in [7, 11) is 1.50. The van der Waals surface area contributed by atoms with E-state index in [0.29, 0.717) is 28.2 Å². The molecule has 2 N–H and O–H groups in total. The van der Waals surface area contributed by atoms with E-state index in [1.165, 1.54) is 36.5 Å². The molecule has 0 radical (unpaired) electrons. The number of ether oxygens (including phenoxy) is 1. The molecule has 4 rings (SSSR count). The van der Waals surface area contributed by atoms with Crippen LogP contribution in [0.3, 0.4) is 0 Å². The van der Waals surface area contributed by atoms with Crippen molar-refractivity contribution < 1.29 is 27.8 Å². The van der Waals surface area contributed by atoms with Gasteiger partial charge in [-0.1, -0.05) is 0 Å². The number of H-pyrrole nitrogens is 1. The van der Waals surface area contributed by atoms with E-state index in [-0.39, 0.29) is 42.2 Å². The van der Waals surface area contributed by atoms with E-state index in [2.05, 4.69) is 15.2 Å². The number of pyridine rings is 1. The van der Waals surface area contributed by atoms with Crippen molar-refractivity contribution in [2.75, 3.05) is 13.7 Å². The third kappa shape index (κ3) is 4.32. The van der Waals surface area contributed by atoms with E-state index in [9.17, 15) is 18.7 Å². The molecular weight excluding hydrogens is 449 g/mol. The first kappa shape index (κ1) is 23.2. The monoisotopic (exact) mass is 470 g/mol. The number of nitrogens with one attached hydrogen (secondary N) is 1. The molecule has 0 aliphatic heterocycles. The maximum Gasteiger partial charge on any atom is 0.257 e. The van der Waals surface area contributed by atoms with Crippen LogP contribution in [0.15, 0.2) is 42.7 Å². The third-order valence-electron chi connectivity index (χ3n) is 5.34. The fourth-order valence-electron chi connectivity index (χ4n) is 3.76. The molecule has 0 aliphatic rings. The van der Waals surface area contributed by atoms with Crippen LogP contribution >= 0.6 is 0 Å². The van der Waals surface area contributed by atoms with Crippen LogP contribution in [0.25, 0.3) is 22.0 Å². The van der Waals surface area contributed by atoms with Crippen molar-refractivity contribution in [2.24, 2.45) is 0 Å². The summed E-state index contributed by atoms with van der Waals surface area (Å²) in [4.78, 5) is 18.6. The number of aliphatic hydroxyl groups is 1. The molecule has 0 bridgehead atoms. The van der Waals surface area contributed by atoms with Gasteiger partial charge in [-0.2, -0.15) is 5.10 Å². The van der Waals surface area contributed by atoms with Crippen molar-refractivity contribution in [3.8, 4) is 16.9 Å². The van der Waals surface area contributed by atoms with Gasteiger partial charge in [0.15, 0.2) is 11.6 Å². The summed E-state index contributed by atoms with van der Waals surface area (Å²) in [6.07, 6.45) is 3.04. The molecule has 1 amide bonds. The Morgan fingerprint density at radius 2 is 1.88 bits per heavy atom. The molecule has 7 nitrogen and oxygen atoms in total. The van der Waals surface area contributed by atoms with Crippen LogP contribution in [0.5, 0.6) is 5.75 Å². The lowest BCUT2D eigenvalue weighted by atomic mass is 10.0. The molecule has 10 heteroatoms. The van der Waals surface area contributed by atoms with Gasteiger partial charge in [0.25, 0.3) is 5.91 Å². The molecule has 0 spiro atoms. The second-order valence-electron chi connectivity index (χ2n) is 7.60. The van der Waals surface area contributed by atoms with Crippen LogP contribution in [-0.2, 0) is 13.2 Å². The van der Waals surface area contributed by atoms with E-state index < -0.39 is 23.4 Å². The number of aromatic nitrogens is 3. The molecule has 4 aromatic rings. The molecule has 34 heavy (non-hydrogen) atoms. The lowest BCUT2D eigenvalue weighted by Crippen LogP contribution is -2.27. The van der Waals surface area contributed by atoms with Gasteiger partial charge in [-0.3, -0.25) is 14.9 Å². The average Bonchev–Trinajstić information content (AvgIpc) is 3.30. The lowest BCUT2D eigenvalue weighted by molar-refractivity contribution is 0.0779. The smallest absolute Gasteiger partial charge is 0.257 e. The summed E-state index contributed by atoms with van der Waals surface area (Å²) in [6, 6.07) is 5.49. The Morgan fingerprint density at radius 3 is 2.56 bits per heavy atom. The van der Waals surface area contributed by atoms with Gasteiger partial charge in [-0.05, 0) is 36.8 Å². The van der Waals surface area contributed by atoms with E-state index in [4.69, 9.17) is 4.74 Å². The van der Waals surface area contributed by atoms with Crippen molar-refractivity contribution in [2.45, 2.75) is 20.1 Å². The van der Waals surface area contributed by atoms with E-state index in [0.717, 1.165) is 12.1 Å². The van der Waals surface area contributed by atoms with Gasteiger partial charge < -0.3 is 14.7 Å². The zero-order chi connectivity index (χ0) is 24.4. The number of carbonyl (C=O) groups excluding carboxylic acids is 1. The highest BCUT2D eigenvalue weighted by Crippen LogP contribution is 2.35. The molecule has 0 aliphatic carbocycles. The van der Waals surface area contributed by atoms with E-state index >= 15 is 4.39 Å². The van der Waals surface area contributed by atoms with Crippen molar-refractivity contribution in [1.82, 2.24) is 20.1 Å². The molecule has 176 valence electrons. The number of rotatable bonds is 7. The summed E-state index contributed by atoms with van der Waals surface area (Å²) in [5, 5.41) is 16.9. The van der Waals surface area contributed by atoms with Gasteiger partial charge in [-0.25, -0.2) is 13.2 Å². The van der Waals surface area contributed by atoms with Gasteiger partial charge >= 0.3 is 0 Å². The first-order chi connectivity index (χ1) is 16.3. The summed E-state index contributed by atoms with van der Waals surface area (Å²) >= 11 is 0. The summed E-state index contributed by atoms with van der Waals surface area (Å²) in [6.45, 7) is 1.53. The van der Waals surface area contributed by atoms with Gasteiger partial charge in [0.1, 0.15) is 11.6 Å². The Hall–Kier alpha value is -3.92. The van der Waals surface area contributed by atoms with E-state index in [1.807, 2.05) is 0 Å². The first-order valence-electron chi connectivity index (χ1n) is 10.4. The lowest BCUT2D eigenvalue weighted by Gasteiger charge is -2.20. The zero-order valence-corrected chi connectivity index (χ0v) is 18.4. The third-order valence-corrected chi connectivity index (χ3v) is 5.34. The first-order valence-corrected chi connectivity index (χ1v) is 10.4. The largest absolute Gasteiger partial charge is 0.490 e. The number of fused-ring (bicyclic) bond motifs is 1. The number of nitrogens with zero attached hydrogens (tertiary/aromatic N) is 3. The Balaban J connectivity index is 1.68. The highest BCUT2D eigenvalue weighted by Gasteiger charge is 2.24. The zero-order valence-electron chi connectivity index (χ0n) is 18.4. The predicted octanol–water partition coefficient (Wildman–Crippen LogP) is 4.21. The number of aliphatic hydroxyl groups excluding tert-OH is 1. The molecule has 0 atom stereocenters. The van der Waals surface area contributed by atoms with Crippen LogP contribution in [0.2, 0.25) is 0 Å². The average molecular weight is 470 g/mol. The fraction of sp³-hybridized carbons (Fsp3) is 0.208. The minimum Gasteiger partial charge on any atom is -0.490 e. The summed E-state index contributed by atoms with van der Waals surface area (Å²) < 4.78 is 48.3. The van der Waals surface area contributed by atoms with Crippen LogP contribution in [0.4, 0.5) is 13.2 Å². The molecule has 2 aromatic heterocycles. The molecule has 0 fully saturated rings. The standard InChI is InChI=1S/C24H21F3N4O3/c1-3-34-23-17(13-6-15(25)8-16(26)7-13)4-5-18(21(23)27)24(33)31(2)11-14-9-28-20(12-32)19-10-29-30-22(14)19/h4-10,32H,3,11-12H2,1-2H3,(H,29,30). The Morgan fingerprint density at radius 1 is 1.15 bits per heavy atom. The number of aromatic amines is 1. The number of carbonyl (C=O) groups is 1. The normalized spacial score (nSPS) is 11.1. The Labute approximate surface area is 192 Å². The molecule has 0 saturated carbocycles. The fourth-order valence-corrected chi connectivity index (χ4v) is 3.76. The highest BCUT2D eigenvalue weighted by molar-refractivity contribution is 5.96. The minimum absolute atomic E-state index is 0.0792. The van der Waals surface area contributed by atoms with Crippen LogP contribution in [-0.4, -0.2) is 44.7 Å². The number of amides is 1. The number of hydrogen-bond acceptors (Lipinski definition) is 5. The van der Waals surface area contributed by atoms with Crippen molar-refractivity contribution in [3.05, 3.63) is 77.0 Å². The SMILES string of the molecule is CCOc1c(-c2cc(F)cc(F)c2)ccc(C(=O)N(C)Cc2cnc(CO)c3cn[nH]c23)c1F. The topological polar surface area (TPSA) is 91.3 Å². The molecule has 2 heterocycles. The second kappa shape index (κ2) is 9.52. The second-order valence-corrected chi connectivity index (χ2v) is 7.60. The number of halogens is 3. The Kier molecular flexibility index (Phi) is 6.51. The number of benzene rings is 2. The van der Waals surface area contributed by atoms with Crippen LogP contribution in [0, 0.1) is 17.5 Å². The van der Waals surface area contributed by atoms with Crippen molar-refractivity contribution >= 4 is 16.8 Å².